The molecule has 0 spiro atoms. The summed E-state index contributed by atoms with van der Waals surface area (Å²) in [6.07, 6.45) is 0. The van der Waals surface area contributed by atoms with Gasteiger partial charge in [0.15, 0.2) is 0 Å². The van der Waals surface area contributed by atoms with Crippen molar-refractivity contribution >= 4 is 22.6 Å². The Morgan fingerprint density at radius 1 is 1.71 bits per heavy atom. The Kier molecular flexibility index (Phi) is 4.27. The van der Waals surface area contributed by atoms with Crippen molar-refractivity contribution in [2.45, 2.75) is 6.92 Å². The van der Waals surface area contributed by atoms with Crippen molar-refractivity contribution in [3.63, 3.8) is 0 Å². The minimum absolute atomic E-state index is 0.0448. The number of carbonyl (C=O) groups is 1. The van der Waals surface area contributed by atoms with Gasteiger partial charge in [-0.2, -0.15) is 4.37 Å². The topological polar surface area (TPSA) is 90.1 Å². The molecule has 0 unspecified atom stereocenters. The minimum atomic E-state index is -0.461. The highest BCUT2D eigenvalue weighted by molar-refractivity contribution is 7.09. The number of aromatic nitrogens is 2. The lowest BCUT2D eigenvalue weighted by Crippen LogP contribution is -2.20. The van der Waals surface area contributed by atoms with Gasteiger partial charge in [0.05, 0.1) is 6.61 Å². The van der Waals surface area contributed by atoms with E-state index in [9.17, 15) is 4.79 Å². The Bertz CT molecular complexity index is 302. The first-order valence-corrected chi connectivity index (χ1v) is 4.86. The van der Waals surface area contributed by atoms with Gasteiger partial charge >= 0.3 is 0 Å². The van der Waals surface area contributed by atoms with Crippen LogP contribution in [0.2, 0.25) is 0 Å². The van der Waals surface area contributed by atoms with Crippen LogP contribution in [-0.4, -0.2) is 35.0 Å². The standard InChI is InChI=1S/C7H12N4O2S/c1-5-10-7(14-11-5)9-2-3-13-4-6(8)12/h2-4H2,1H3,(H2,8,12)(H,9,10,11). The van der Waals surface area contributed by atoms with E-state index in [1.54, 1.807) is 0 Å². The number of primary amides is 1. The van der Waals surface area contributed by atoms with Crippen LogP contribution >= 0.6 is 11.5 Å². The lowest BCUT2D eigenvalue weighted by Gasteiger charge is -2.01. The molecule has 0 aliphatic carbocycles. The molecule has 1 amide bonds. The number of hydrogen-bond acceptors (Lipinski definition) is 6. The van der Waals surface area contributed by atoms with Gasteiger partial charge in [-0.05, 0) is 6.92 Å². The number of nitrogens with two attached hydrogens (primary N) is 1. The van der Waals surface area contributed by atoms with Crippen LogP contribution < -0.4 is 11.1 Å². The number of nitrogens with zero attached hydrogens (tertiary/aromatic N) is 2. The third kappa shape index (κ3) is 4.15. The Morgan fingerprint density at radius 2 is 2.50 bits per heavy atom. The van der Waals surface area contributed by atoms with E-state index in [4.69, 9.17) is 10.5 Å². The van der Waals surface area contributed by atoms with Crippen LogP contribution in [-0.2, 0) is 9.53 Å². The number of rotatable bonds is 6. The third-order valence-electron chi connectivity index (χ3n) is 1.29. The molecule has 0 aliphatic rings. The molecular formula is C7H12N4O2S. The molecule has 0 fully saturated rings. The molecule has 0 saturated carbocycles. The average molecular weight is 216 g/mol. The largest absolute Gasteiger partial charge is 0.370 e. The number of anilines is 1. The van der Waals surface area contributed by atoms with Gasteiger partial charge in [-0.15, -0.1) is 0 Å². The molecule has 1 heterocycles. The highest BCUT2D eigenvalue weighted by Crippen LogP contribution is 2.08. The molecule has 1 aromatic rings. The number of aryl methyl sites for hydroxylation is 1. The maximum atomic E-state index is 10.3. The summed E-state index contributed by atoms with van der Waals surface area (Å²) in [6.45, 7) is 2.78. The first-order chi connectivity index (χ1) is 6.68. The van der Waals surface area contributed by atoms with Crippen molar-refractivity contribution in [3.8, 4) is 0 Å². The summed E-state index contributed by atoms with van der Waals surface area (Å²) in [5.41, 5.74) is 4.88. The predicted octanol–water partition coefficient (Wildman–Crippen LogP) is -0.240. The van der Waals surface area contributed by atoms with E-state index in [-0.39, 0.29) is 6.61 Å². The predicted molar refractivity (Wildman–Crippen MR) is 53.1 cm³/mol. The summed E-state index contributed by atoms with van der Waals surface area (Å²) in [5, 5.41) is 3.76. The monoisotopic (exact) mass is 216 g/mol. The van der Waals surface area contributed by atoms with E-state index in [0.717, 1.165) is 11.0 Å². The fourth-order valence-corrected chi connectivity index (χ4v) is 1.37. The second-order valence-corrected chi connectivity index (χ2v) is 3.34. The quantitative estimate of drug-likeness (QED) is 0.640. The molecule has 0 saturated heterocycles. The van der Waals surface area contributed by atoms with E-state index in [0.29, 0.717) is 13.2 Å². The van der Waals surface area contributed by atoms with E-state index in [2.05, 4.69) is 14.7 Å². The van der Waals surface area contributed by atoms with E-state index in [1.807, 2.05) is 6.92 Å². The molecule has 1 rings (SSSR count). The normalized spacial score (nSPS) is 10.1. The third-order valence-corrected chi connectivity index (χ3v) is 2.06. The zero-order valence-electron chi connectivity index (χ0n) is 7.82. The van der Waals surface area contributed by atoms with E-state index >= 15 is 0 Å². The first-order valence-electron chi connectivity index (χ1n) is 4.08. The van der Waals surface area contributed by atoms with Gasteiger partial charge in [0.1, 0.15) is 12.4 Å². The summed E-state index contributed by atoms with van der Waals surface area (Å²) < 4.78 is 8.94. The van der Waals surface area contributed by atoms with Crippen LogP contribution in [0.25, 0.3) is 0 Å². The highest BCUT2D eigenvalue weighted by Gasteiger charge is 1.98. The van der Waals surface area contributed by atoms with Crippen molar-refractivity contribution < 1.29 is 9.53 Å². The molecule has 0 bridgehead atoms. The Hall–Kier alpha value is -1.21. The number of hydrogen-bond donors (Lipinski definition) is 2. The Balaban J connectivity index is 2.07. The smallest absolute Gasteiger partial charge is 0.243 e. The highest BCUT2D eigenvalue weighted by atomic mass is 32.1. The molecule has 7 heteroatoms. The lowest BCUT2D eigenvalue weighted by atomic mass is 10.6. The van der Waals surface area contributed by atoms with Crippen LogP contribution in [0.5, 0.6) is 0 Å². The van der Waals surface area contributed by atoms with Crippen molar-refractivity contribution in [1.82, 2.24) is 9.36 Å². The van der Waals surface area contributed by atoms with Gasteiger partial charge in [-0.25, -0.2) is 4.98 Å². The fourth-order valence-electron chi connectivity index (χ4n) is 0.772. The van der Waals surface area contributed by atoms with Crippen molar-refractivity contribution in [3.05, 3.63) is 5.82 Å². The molecule has 14 heavy (non-hydrogen) atoms. The number of amides is 1. The van der Waals surface area contributed by atoms with Gasteiger partial charge in [0.25, 0.3) is 0 Å². The minimum Gasteiger partial charge on any atom is -0.370 e. The molecule has 6 nitrogen and oxygen atoms in total. The van der Waals surface area contributed by atoms with Gasteiger partial charge in [-0.3, -0.25) is 4.79 Å². The molecule has 0 atom stereocenters. The van der Waals surface area contributed by atoms with Crippen LogP contribution in [0.1, 0.15) is 5.82 Å². The second-order valence-electron chi connectivity index (χ2n) is 2.59. The molecule has 78 valence electrons. The van der Waals surface area contributed by atoms with Gasteiger partial charge < -0.3 is 15.8 Å². The summed E-state index contributed by atoms with van der Waals surface area (Å²) in [5.74, 6) is 0.285. The van der Waals surface area contributed by atoms with Crippen LogP contribution in [0.15, 0.2) is 0 Å². The van der Waals surface area contributed by atoms with Crippen molar-refractivity contribution in [1.29, 1.82) is 0 Å². The van der Waals surface area contributed by atoms with Crippen molar-refractivity contribution in [2.75, 3.05) is 25.1 Å². The van der Waals surface area contributed by atoms with E-state index < -0.39 is 5.91 Å². The molecule has 0 aromatic carbocycles. The van der Waals surface area contributed by atoms with E-state index in [1.165, 1.54) is 11.5 Å². The Labute approximate surface area is 85.6 Å². The maximum Gasteiger partial charge on any atom is 0.243 e. The number of nitrogens with one attached hydrogen (secondary N) is 1. The van der Waals surface area contributed by atoms with Gasteiger partial charge in [0.2, 0.25) is 11.0 Å². The summed E-state index contributed by atoms with van der Waals surface area (Å²) in [4.78, 5) is 14.4. The van der Waals surface area contributed by atoms with Crippen LogP contribution in [0.3, 0.4) is 0 Å². The summed E-state index contributed by atoms with van der Waals surface area (Å²) in [7, 11) is 0. The molecular weight excluding hydrogens is 204 g/mol. The number of carbonyl (C=O) groups excluding carboxylic acids is 1. The molecule has 1 aromatic heterocycles. The zero-order valence-corrected chi connectivity index (χ0v) is 8.63. The zero-order chi connectivity index (χ0) is 10.4. The molecule has 3 N–H and O–H groups in total. The molecule has 0 aliphatic heterocycles. The Morgan fingerprint density at radius 3 is 3.07 bits per heavy atom. The summed E-state index contributed by atoms with van der Waals surface area (Å²) in [6, 6.07) is 0. The fraction of sp³-hybridized carbons (Fsp3) is 0.571. The maximum absolute atomic E-state index is 10.3. The second kappa shape index (κ2) is 5.51. The van der Waals surface area contributed by atoms with Crippen LogP contribution in [0.4, 0.5) is 5.13 Å². The van der Waals surface area contributed by atoms with Gasteiger partial charge in [0, 0.05) is 18.1 Å². The van der Waals surface area contributed by atoms with Gasteiger partial charge in [-0.1, -0.05) is 0 Å². The lowest BCUT2D eigenvalue weighted by molar-refractivity contribution is -0.122. The number of ether oxygens (including phenoxy) is 1. The average Bonchev–Trinajstić information content (AvgIpc) is 2.50. The van der Waals surface area contributed by atoms with Crippen molar-refractivity contribution in [2.24, 2.45) is 5.73 Å². The summed E-state index contributed by atoms with van der Waals surface area (Å²) >= 11 is 1.29. The first kappa shape index (κ1) is 10.9. The molecule has 0 radical (unpaired) electrons. The SMILES string of the molecule is Cc1nsc(NCCOCC(N)=O)n1. The van der Waals surface area contributed by atoms with Crippen LogP contribution in [0, 0.1) is 6.92 Å².